The molecule has 0 aliphatic carbocycles. The molecule has 0 aromatic heterocycles. The maximum atomic E-state index is 13.6. The van der Waals surface area contributed by atoms with Gasteiger partial charge in [-0.2, -0.15) is 8.78 Å². The minimum absolute atomic E-state index is 0.112. The van der Waals surface area contributed by atoms with E-state index < -0.39 is 84.0 Å². The number of carbonyl (C=O) groups excluding carboxylic acids is 5. The Morgan fingerprint density at radius 2 is 1.10 bits per heavy atom. The number of carbonyl (C=O) groups is 5. The Morgan fingerprint density at radius 1 is 0.600 bits per heavy atom. The maximum absolute atomic E-state index is 13.6. The number of nitrogens with one attached hydrogen (secondary N) is 4. The number of aliphatic hydroxyl groups is 3. The fourth-order valence-electron chi connectivity index (χ4n) is 5.99. The van der Waals surface area contributed by atoms with Crippen LogP contribution in [0.5, 0.6) is 5.75 Å². The molecule has 1 heterocycles. The van der Waals surface area contributed by atoms with Gasteiger partial charge in [0.15, 0.2) is 6.29 Å². The molecule has 0 saturated carbocycles. The van der Waals surface area contributed by atoms with Crippen LogP contribution < -0.4 is 26.0 Å². The third-order valence-corrected chi connectivity index (χ3v) is 9.29. The van der Waals surface area contributed by atoms with E-state index in [0.29, 0.717) is 64.6 Å². The number of hydrogen-bond acceptors (Lipinski definition) is 12. The molecule has 342 valence electrons. The number of benzene rings is 1. The molecule has 2 rings (SSSR count). The van der Waals surface area contributed by atoms with E-state index in [1.807, 2.05) is 0 Å². The molecule has 0 radical (unpaired) electrons. The van der Waals surface area contributed by atoms with Gasteiger partial charge in [0.1, 0.15) is 24.4 Å². The Balaban J connectivity index is 1.36. The Kier molecular flexibility index (Phi) is 25.4. The van der Waals surface area contributed by atoms with Crippen molar-refractivity contribution in [1.29, 1.82) is 0 Å². The van der Waals surface area contributed by atoms with Gasteiger partial charge >= 0.3 is 5.97 Å². The molecule has 1 aromatic rings. The summed E-state index contributed by atoms with van der Waals surface area (Å²) in [7, 11) is 0. The molecule has 5 atom stereocenters. The van der Waals surface area contributed by atoms with Crippen LogP contribution >= 0.6 is 0 Å². The van der Waals surface area contributed by atoms with Crippen LogP contribution in [0, 0.1) is 29.1 Å². The maximum Gasteiger partial charge on any atom is 0.311 e. The van der Waals surface area contributed by atoms with Crippen LogP contribution in [0.3, 0.4) is 0 Å². The molecule has 16 nitrogen and oxygen atoms in total. The summed E-state index contributed by atoms with van der Waals surface area (Å²) in [5.41, 5.74) is 0. The summed E-state index contributed by atoms with van der Waals surface area (Å²) in [5.74, 6) is -14.8. The van der Waals surface area contributed by atoms with E-state index in [2.05, 4.69) is 26.0 Å². The average molecular weight is 871 g/mol. The lowest BCUT2D eigenvalue weighted by Crippen LogP contribution is -2.64. The van der Waals surface area contributed by atoms with Crippen LogP contribution in [0.15, 0.2) is 0 Å². The number of unbranched alkanes of at least 4 members (excludes halogenated alkanes) is 8. The van der Waals surface area contributed by atoms with Gasteiger partial charge in [0.05, 0.1) is 19.8 Å². The monoisotopic (exact) mass is 870 g/mol. The third kappa shape index (κ3) is 19.6. The van der Waals surface area contributed by atoms with Crippen LogP contribution in [0.25, 0.3) is 0 Å². The van der Waals surface area contributed by atoms with Crippen LogP contribution in [-0.4, -0.2) is 122 Å². The summed E-state index contributed by atoms with van der Waals surface area (Å²) in [6, 6.07) is -1.03. The van der Waals surface area contributed by atoms with Gasteiger partial charge in [-0.25, -0.2) is 13.2 Å². The van der Waals surface area contributed by atoms with E-state index in [1.54, 1.807) is 0 Å². The molecule has 1 aliphatic heterocycles. The zero-order chi connectivity index (χ0) is 44.5. The molecular formula is C39H59F5N4O12. The molecule has 1 aromatic carbocycles. The number of rotatable bonds is 30. The van der Waals surface area contributed by atoms with Crippen molar-refractivity contribution in [3.8, 4) is 5.75 Å². The van der Waals surface area contributed by atoms with Crippen molar-refractivity contribution in [3.63, 3.8) is 0 Å². The van der Waals surface area contributed by atoms with Crippen molar-refractivity contribution < 1.29 is 80.2 Å². The van der Waals surface area contributed by atoms with Crippen LogP contribution in [0.4, 0.5) is 22.0 Å². The summed E-state index contributed by atoms with van der Waals surface area (Å²) in [4.78, 5) is 59.5. The quantitative estimate of drug-likeness (QED) is 0.0148. The van der Waals surface area contributed by atoms with Crippen molar-refractivity contribution in [2.75, 3.05) is 46.1 Å². The highest BCUT2D eigenvalue weighted by atomic mass is 19.2. The minimum Gasteiger partial charge on any atom is -0.420 e. The largest absolute Gasteiger partial charge is 0.420 e. The SMILES string of the molecule is CC(=O)N[C@H]1[C@H](OCCCCC(=O)NCCCNC(=O)CCOCCNC(=O)CCCCCCCCCCC(=O)Oc2c(F)c(F)c(F)c(F)c2F)O[C@H](CO)[C@H](O)[C@@H]1O. The van der Waals surface area contributed by atoms with E-state index in [9.17, 15) is 61.2 Å². The van der Waals surface area contributed by atoms with Gasteiger partial charge in [0, 0.05) is 58.8 Å². The first-order chi connectivity index (χ1) is 28.7. The predicted octanol–water partition coefficient (Wildman–Crippen LogP) is 2.46. The number of hydrogen-bond donors (Lipinski definition) is 7. The lowest BCUT2D eigenvalue weighted by Gasteiger charge is -2.42. The van der Waals surface area contributed by atoms with Gasteiger partial charge in [-0.15, -0.1) is 0 Å². The molecule has 21 heteroatoms. The van der Waals surface area contributed by atoms with Crippen molar-refractivity contribution in [2.45, 2.75) is 134 Å². The molecule has 60 heavy (non-hydrogen) atoms. The van der Waals surface area contributed by atoms with Gasteiger partial charge in [-0.05, 0) is 32.1 Å². The molecule has 1 saturated heterocycles. The second kappa shape index (κ2) is 29.3. The first-order valence-electron chi connectivity index (χ1n) is 20.3. The Bertz CT molecular complexity index is 1480. The highest BCUT2D eigenvalue weighted by Gasteiger charge is 2.45. The lowest BCUT2D eigenvalue weighted by atomic mass is 9.97. The van der Waals surface area contributed by atoms with Crippen LogP contribution in [0.2, 0.25) is 0 Å². The smallest absolute Gasteiger partial charge is 0.311 e. The predicted molar refractivity (Wildman–Crippen MR) is 202 cm³/mol. The van der Waals surface area contributed by atoms with E-state index in [-0.39, 0.29) is 56.8 Å². The highest BCUT2D eigenvalue weighted by Crippen LogP contribution is 2.29. The molecule has 0 bridgehead atoms. The number of esters is 1. The van der Waals surface area contributed by atoms with Gasteiger partial charge in [0.25, 0.3) is 0 Å². The molecule has 4 amide bonds. The third-order valence-electron chi connectivity index (χ3n) is 9.29. The summed E-state index contributed by atoms with van der Waals surface area (Å²) in [5, 5.41) is 40.5. The van der Waals surface area contributed by atoms with E-state index >= 15 is 0 Å². The van der Waals surface area contributed by atoms with Crippen molar-refractivity contribution >= 4 is 29.6 Å². The molecule has 1 aliphatic rings. The molecule has 0 unspecified atom stereocenters. The van der Waals surface area contributed by atoms with E-state index in [4.69, 9.17) is 14.2 Å². The number of ether oxygens (including phenoxy) is 4. The van der Waals surface area contributed by atoms with Crippen LogP contribution in [-0.2, 0) is 38.2 Å². The highest BCUT2D eigenvalue weighted by molar-refractivity contribution is 5.77. The number of aliphatic hydroxyl groups excluding tert-OH is 3. The van der Waals surface area contributed by atoms with Gasteiger partial charge < -0.3 is 55.5 Å². The lowest BCUT2D eigenvalue weighted by molar-refractivity contribution is -0.270. The summed E-state index contributed by atoms with van der Waals surface area (Å²) in [6.45, 7) is 2.28. The molecule has 0 spiro atoms. The van der Waals surface area contributed by atoms with Gasteiger partial charge in [-0.1, -0.05) is 38.5 Å². The van der Waals surface area contributed by atoms with E-state index in [1.165, 1.54) is 6.92 Å². The summed E-state index contributed by atoms with van der Waals surface area (Å²) in [6.07, 6.45) is 2.82. The second-order valence-corrected chi connectivity index (χ2v) is 14.2. The topological polar surface area (TPSA) is 231 Å². The fraction of sp³-hybridized carbons (Fsp3) is 0.718. The first-order valence-corrected chi connectivity index (χ1v) is 20.3. The minimum atomic E-state index is -2.33. The zero-order valence-corrected chi connectivity index (χ0v) is 33.8. The molecular weight excluding hydrogens is 811 g/mol. The Morgan fingerprint density at radius 3 is 1.67 bits per heavy atom. The van der Waals surface area contributed by atoms with Crippen molar-refractivity contribution in [3.05, 3.63) is 29.1 Å². The zero-order valence-electron chi connectivity index (χ0n) is 33.8. The van der Waals surface area contributed by atoms with E-state index in [0.717, 1.165) is 32.1 Å². The molecule has 1 fully saturated rings. The number of halogens is 5. The van der Waals surface area contributed by atoms with Gasteiger partial charge in [-0.3, -0.25) is 24.0 Å². The molecule has 7 N–H and O–H groups in total. The standard InChI is InChI=1S/C39H59F5N4O12/c1-24(50)48-35-37(56)36(55)25(23-49)59-39(35)58-20-11-10-14-26(51)45-17-12-18-46-28(53)16-21-57-22-19-47-27(52)13-8-6-4-2-3-5-7-9-15-29(54)60-38-33(43)31(41)30(40)32(42)34(38)44/h25,35-37,39,49,55-56H,2-23H2,1H3,(H,45,51)(H,46,53)(H,47,52)(H,48,50)/t25-,35-,36+,37-,39-/m1/s1. The second-order valence-electron chi connectivity index (χ2n) is 14.2. The Hall–Kier alpha value is -4.02. The van der Waals surface area contributed by atoms with Gasteiger partial charge in [0.2, 0.25) is 58.5 Å². The fourth-order valence-corrected chi connectivity index (χ4v) is 5.99. The Labute approximate surface area is 345 Å². The normalized spacial score (nSPS) is 18.8. The number of amides is 4. The van der Waals surface area contributed by atoms with Crippen molar-refractivity contribution in [2.24, 2.45) is 0 Å². The van der Waals surface area contributed by atoms with Crippen molar-refractivity contribution in [1.82, 2.24) is 21.3 Å². The summed E-state index contributed by atoms with van der Waals surface area (Å²) < 4.78 is 87.7. The average Bonchev–Trinajstić information content (AvgIpc) is 3.21. The van der Waals surface area contributed by atoms with Crippen LogP contribution in [0.1, 0.15) is 103 Å². The summed E-state index contributed by atoms with van der Waals surface area (Å²) >= 11 is 0. The first kappa shape index (κ1) is 52.1.